The van der Waals surface area contributed by atoms with Crippen LogP contribution in [0.1, 0.15) is 33.6 Å². The zero-order valence-corrected chi connectivity index (χ0v) is 15.8. The molecule has 130 valence electrons. The fraction of sp³-hybridized carbons (Fsp3) is 0.391. The quantitative estimate of drug-likeness (QED) is 0.354. The summed E-state index contributed by atoms with van der Waals surface area (Å²) < 4.78 is 5.37. The molecule has 0 aromatic heterocycles. The second-order valence-electron chi connectivity index (χ2n) is 6.93. The van der Waals surface area contributed by atoms with E-state index in [9.17, 15) is 0 Å². The van der Waals surface area contributed by atoms with Crippen molar-refractivity contribution >= 4 is 0 Å². The maximum atomic E-state index is 5.37. The molecule has 1 heteroatoms. The summed E-state index contributed by atoms with van der Waals surface area (Å²) in [5.74, 6) is 0.590. The van der Waals surface area contributed by atoms with Crippen molar-refractivity contribution in [3.8, 4) is 0 Å². The zero-order valence-electron chi connectivity index (χ0n) is 15.8. The van der Waals surface area contributed by atoms with Gasteiger partial charge in [-0.2, -0.15) is 0 Å². The van der Waals surface area contributed by atoms with Crippen molar-refractivity contribution in [2.24, 2.45) is 11.3 Å². The number of ether oxygens (including phenoxy) is 1. The number of rotatable bonds is 9. The van der Waals surface area contributed by atoms with Crippen molar-refractivity contribution in [3.63, 3.8) is 0 Å². The third-order valence-electron chi connectivity index (χ3n) is 4.67. The van der Waals surface area contributed by atoms with Gasteiger partial charge in [-0.3, -0.25) is 0 Å². The molecule has 1 aliphatic rings. The topological polar surface area (TPSA) is 9.23 Å². The number of hydrogen-bond acceptors (Lipinski definition) is 1. The van der Waals surface area contributed by atoms with Crippen LogP contribution in [0.3, 0.4) is 0 Å². The average molecular weight is 325 g/mol. The number of methoxy groups -OCH3 is 1. The molecule has 0 spiro atoms. The van der Waals surface area contributed by atoms with E-state index >= 15 is 0 Å². The summed E-state index contributed by atoms with van der Waals surface area (Å²) in [5, 5.41) is 0. The van der Waals surface area contributed by atoms with Crippen molar-refractivity contribution in [1.29, 1.82) is 0 Å². The fourth-order valence-electron chi connectivity index (χ4n) is 2.81. The Hall–Kier alpha value is -1.86. The molecule has 1 unspecified atom stereocenters. The Morgan fingerprint density at radius 3 is 2.42 bits per heavy atom. The molecule has 0 fully saturated rings. The van der Waals surface area contributed by atoms with Gasteiger partial charge in [0.05, 0.1) is 6.61 Å². The predicted molar refractivity (Wildman–Crippen MR) is 107 cm³/mol. The third-order valence-corrected chi connectivity index (χ3v) is 4.67. The van der Waals surface area contributed by atoms with E-state index in [1.165, 1.54) is 0 Å². The van der Waals surface area contributed by atoms with E-state index in [2.05, 4.69) is 65.3 Å². The van der Waals surface area contributed by atoms with Gasteiger partial charge in [0.25, 0.3) is 0 Å². The van der Waals surface area contributed by atoms with Gasteiger partial charge in [0.1, 0.15) is 0 Å². The minimum atomic E-state index is 0.00631. The summed E-state index contributed by atoms with van der Waals surface area (Å²) in [6, 6.07) is 0. The molecule has 1 aliphatic carbocycles. The van der Waals surface area contributed by atoms with E-state index in [0.29, 0.717) is 12.5 Å². The third kappa shape index (κ3) is 5.35. The lowest BCUT2D eigenvalue weighted by atomic mass is 9.79. The van der Waals surface area contributed by atoms with Gasteiger partial charge in [0.15, 0.2) is 0 Å². The van der Waals surface area contributed by atoms with Gasteiger partial charge in [-0.15, -0.1) is 0 Å². The zero-order chi connectivity index (χ0) is 18.3. The maximum Gasteiger partial charge on any atom is 0.0718 e. The van der Waals surface area contributed by atoms with Crippen LogP contribution in [-0.4, -0.2) is 13.7 Å². The first-order chi connectivity index (χ1) is 11.2. The Bertz CT molecular complexity index is 612. The Balaban J connectivity index is 2.96. The minimum absolute atomic E-state index is 0.00631. The largest absolute Gasteiger partial charge is 0.380 e. The summed E-state index contributed by atoms with van der Waals surface area (Å²) in [4.78, 5) is 0. The highest BCUT2D eigenvalue weighted by molar-refractivity contribution is 5.52. The molecule has 0 aliphatic heterocycles. The van der Waals surface area contributed by atoms with Gasteiger partial charge in [-0.1, -0.05) is 83.0 Å². The smallest absolute Gasteiger partial charge is 0.0718 e. The summed E-state index contributed by atoms with van der Waals surface area (Å²) in [5.41, 5.74) is 4.95. The van der Waals surface area contributed by atoms with Crippen molar-refractivity contribution in [2.75, 3.05) is 13.7 Å². The Labute approximate surface area is 148 Å². The summed E-state index contributed by atoms with van der Waals surface area (Å²) in [6.45, 7) is 23.7. The lowest BCUT2D eigenvalue weighted by molar-refractivity contribution is 0.227. The molecule has 0 radical (unpaired) electrons. The Morgan fingerprint density at radius 1 is 1.25 bits per heavy atom. The van der Waals surface area contributed by atoms with E-state index < -0.39 is 0 Å². The first kappa shape index (κ1) is 20.2. The molecule has 0 saturated heterocycles. The highest BCUT2D eigenvalue weighted by Crippen LogP contribution is 2.41. The monoisotopic (exact) mass is 324 g/mol. The fourth-order valence-corrected chi connectivity index (χ4v) is 2.81. The van der Waals surface area contributed by atoms with Crippen molar-refractivity contribution in [2.45, 2.75) is 33.6 Å². The summed E-state index contributed by atoms with van der Waals surface area (Å²) in [7, 11) is 1.70. The van der Waals surface area contributed by atoms with Gasteiger partial charge < -0.3 is 4.74 Å². The van der Waals surface area contributed by atoms with E-state index in [-0.39, 0.29) is 5.41 Å². The van der Waals surface area contributed by atoms with Crippen LogP contribution in [0.2, 0.25) is 0 Å². The van der Waals surface area contributed by atoms with Crippen molar-refractivity contribution in [3.05, 3.63) is 84.6 Å². The van der Waals surface area contributed by atoms with Crippen LogP contribution in [-0.2, 0) is 4.74 Å². The minimum Gasteiger partial charge on any atom is -0.380 e. The van der Waals surface area contributed by atoms with Crippen LogP contribution in [0.15, 0.2) is 84.6 Å². The lowest BCUT2D eigenvalue weighted by Crippen LogP contribution is -2.14. The van der Waals surface area contributed by atoms with Crippen molar-refractivity contribution < 1.29 is 4.74 Å². The molecule has 0 aromatic carbocycles. The maximum absolute atomic E-state index is 5.37. The van der Waals surface area contributed by atoms with Gasteiger partial charge in [0.2, 0.25) is 0 Å². The molecular weight excluding hydrogens is 292 g/mol. The van der Waals surface area contributed by atoms with Gasteiger partial charge in [-0.25, -0.2) is 0 Å². The molecule has 1 rings (SSSR count). The molecular formula is C23H32O. The normalized spacial score (nSPS) is 23.7. The molecule has 2 atom stereocenters. The van der Waals surface area contributed by atoms with Crippen LogP contribution in [0.25, 0.3) is 0 Å². The molecule has 0 saturated carbocycles. The average Bonchev–Trinajstić information content (AvgIpc) is 2.91. The molecule has 24 heavy (non-hydrogen) atoms. The van der Waals surface area contributed by atoms with E-state index in [1.807, 2.05) is 12.2 Å². The van der Waals surface area contributed by atoms with Gasteiger partial charge in [0, 0.05) is 12.5 Å². The second-order valence-corrected chi connectivity index (χ2v) is 6.93. The lowest BCUT2D eigenvalue weighted by Gasteiger charge is -2.25. The van der Waals surface area contributed by atoms with Crippen molar-refractivity contribution in [1.82, 2.24) is 0 Å². The molecule has 0 amide bonds. The second kappa shape index (κ2) is 8.84. The first-order valence-electron chi connectivity index (χ1n) is 8.56. The highest BCUT2D eigenvalue weighted by atomic mass is 16.5. The number of allylic oxidation sites excluding steroid dienone is 8. The summed E-state index contributed by atoms with van der Waals surface area (Å²) >= 11 is 0. The van der Waals surface area contributed by atoms with Crippen LogP contribution in [0.4, 0.5) is 0 Å². The molecule has 0 N–H and O–H groups in total. The number of hydrogen-bond donors (Lipinski definition) is 0. The van der Waals surface area contributed by atoms with E-state index in [0.717, 1.165) is 40.7 Å². The van der Waals surface area contributed by atoms with E-state index in [4.69, 9.17) is 4.74 Å². The van der Waals surface area contributed by atoms with Crippen LogP contribution in [0, 0.1) is 11.3 Å². The van der Waals surface area contributed by atoms with Gasteiger partial charge in [-0.05, 0) is 41.1 Å². The Kier molecular flexibility index (Phi) is 7.44. The molecule has 1 nitrogen and oxygen atoms in total. The predicted octanol–water partition coefficient (Wildman–Crippen LogP) is 6.35. The Morgan fingerprint density at radius 2 is 1.92 bits per heavy atom. The molecule has 0 aromatic rings. The van der Waals surface area contributed by atoms with Crippen LogP contribution >= 0.6 is 0 Å². The first-order valence-corrected chi connectivity index (χ1v) is 8.56. The summed E-state index contributed by atoms with van der Waals surface area (Å²) in [6.07, 6.45) is 12.6. The standard InChI is InChI=1S/C23H32O/c1-9-17(2)10-11-19(4)21(6)22(16-24-8)14-20(5)23(7)13-12-18(3)15-23/h10-14,18H,2,4-6,9,15-16H2,1,3,7-8H3/b11-10-,22-14-/t18?,23-/m0/s1. The van der Waals surface area contributed by atoms with E-state index in [1.54, 1.807) is 7.11 Å². The highest BCUT2D eigenvalue weighted by Gasteiger charge is 2.30. The molecule has 0 heterocycles. The van der Waals surface area contributed by atoms with Gasteiger partial charge >= 0.3 is 0 Å². The van der Waals surface area contributed by atoms with Crippen LogP contribution < -0.4 is 0 Å². The molecule has 0 bridgehead atoms. The van der Waals surface area contributed by atoms with Crippen LogP contribution in [0.5, 0.6) is 0 Å². The SMILES string of the molecule is C=C(/C=C\C(=C)C(=C)/C(=C\C(=C)[C@@]1(C)C=CC(C)C1)COC)CC.